The van der Waals surface area contributed by atoms with E-state index < -0.39 is 23.3 Å². The molecule has 0 fully saturated rings. The maximum atomic E-state index is 12.4. The molecule has 0 bridgehead atoms. The molecular formula is C14H7BrClN3O5. The van der Waals surface area contributed by atoms with Gasteiger partial charge in [-0.15, -0.1) is 0 Å². The van der Waals surface area contributed by atoms with Crippen molar-refractivity contribution < 1.29 is 19.5 Å². The first-order chi connectivity index (χ1) is 11.2. The van der Waals surface area contributed by atoms with Gasteiger partial charge in [-0.1, -0.05) is 11.6 Å². The van der Waals surface area contributed by atoms with E-state index in [1.165, 1.54) is 12.1 Å². The lowest BCUT2D eigenvalue weighted by atomic mass is 10.1. The minimum Gasteiger partial charge on any atom is -0.478 e. The number of nitrogens with zero attached hydrogens (tertiary/aromatic N) is 1. The molecule has 4 N–H and O–H groups in total. The Labute approximate surface area is 147 Å². The second-order valence-corrected chi connectivity index (χ2v) is 6.09. The first kappa shape index (κ1) is 16.2. The van der Waals surface area contributed by atoms with Crippen molar-refractivity contribution in [3.63, 3.8) is 0 Å². The molecule has 0 unspecified atom stereocenters. The number of hydrogen-bond acceptors (Lipinski definition) is 5. The van der Waals surface area contributed by atoms with Crippen molar-refractivity contribution in [3.05, 3.63) is 54.7 Å². The van der Waals surface area contributed by atoms with E-state index in [2.05, 4.69) is 15.9 Å². The van der Waals surface area contributed by atoms with Crippen LogP contribution in [0.5, 0.6) is 0 Å². The largest absolute Gasteiger partial charge is 0.478 e. The van der Waals surface area contributed by atoms with Gasteiger partial charge in [0, 0.05) is 10.5 Å². The van der Waals surface area contributed by atoms with Crippen LogP contribution >= 0.6 is 27.5 Å². The highest BCUT2D eigenvalue weighted by molar-refractivity contribution is 9.10. The summed E-state index contributed by atoms with van der Waals surface area (Å²) < 4.78 is 1.05. The van der Waals surface area contributed by atoms with Gasteiger partial charge in [-0.3, -0.25) is 24.3 Å². The Morgan fingerprint density at radius 1 is 1.25 bits per heavy atom. The van der Waals surface area contributed by atoms with E-state index in [0.717, 1.165) is 10.6 Å². The van der Waals surface area contributed by atoms with Crippen molar-refractivity contribution >= 4 is 51.1 Å². The number of nitrogens with one attached hydrogen (secondary N) is 1. The van der Waals surface area contributed by atoms with Gasteiger partial charge in [0.1, 0.15) is 11.4 Å². The smallest absolute Gasteiger partial charge is 0.339 e. The van der Waals surface area contributed by atoms with E-state index in [0.29, 0.717) is 0 Å². The Balaban J connectivity index is 2.47. The quantitative estimate of drug-likeness (QED) is 0.639. The predicted molar refractivity (Wildman–Crippen MR) is 87.9 cm³/mol. The highest BCUT2D eigenvalue weighted by Crippen LogP contribution is 2.33. The Morgan fingerprint density at radius 3 is 2.54 bits per heavy atom. The Bertz CT molecular complexity index is 1010. The fourth-order valence-corrected chi connectivity index (χ4v) is 3.21. The van der Waals surface area contributed by atoms with Crippen LogP contribution in [0.2, 0.25) is 5.02 Å². The van der Waals surface area contributed by atoms with Crippen LogP contribution in [-0.2, 0) is 0 Å². The standard InChI is InChI=1S/C14H7BrClN3O5/c15-5-1-2-6(16)9(14(23)24)10(5)19-7(20)3-4-8(11(19)17)13(22)18-12(4)21/h1-3H,17H2,(H,23,24)(H,18,21,22). The lowest BCUT2D eigenvalue weighted by Crippen LogP contribution is -2.26. The Morgan fingerprint density at radius 2 is 1.92 bits per heavy atom. The van der Waals surface area contributed by atoms with Crippen LogP contribution in [0.25, 0.3) is 5.69 Å². The fraction of sp³-hybridized carbons (Fsp3) is 0. The van der Waals surface area contributed by atoms with E-state index in [1.807, 2.05) is 5.32 Å². The summed E-state index contributed by atoms with van der Waals surface area (Å²) in [5.41, 5.74) is 4.27. The van der Waals surface area contributed by atoms with Crippen LogP contribution in [0, 0.1) is 0 Å². The lowest BCUT2D eigenvalue weighted by Gasteiger charge is -2.16. The second-order valence-electron chi connectivity index (χ2n) is 4.83. The van der Waals surface area contributed by atoms with Crippen molar-refractivity contribution in [2.24, 2.45) is 0 Å². The maximum absolute atomic E-state index is 12.4. The summed E-state index contributed by atoms with van der Waals surface area (Å²) in [6.07, 6.45) is 0. The third kappa shape index (κ3) is 2.21. The van der Waals surface area contributed by atoms with Crippen LogP contribution in [0.1, 0.15) is 31.1 Å². The number of hydrogen-bond donors (Lipinski definition) is 3. The minimum atomic E-state index is -1.39. The molecule has 0 saturated carbocycles. The zero-order valence-corrected chi connectivity index (χ0v) is 13.9. The SMILES string of the molecule is Nc1c2c(cc(=O)n1-c1c(Br)ccc(Cl)c1C(=O)O)C(=O)NC2=O. The number of aromatic carboxylic acids is 1. The van der Waals surface area contributed by atoms with Crippen LogP contribution in [0.3, 0.4) is 0 Å². The molecule has 24 heavy (non-hydrogen) atoms. The molecule has 0 spiro atoms. The number of carbonyl (C=O) groups excluding carboxylic acids is 2. The molecular weight excluding hydrogens is 406 g/mol. The molecule has 0 atom stereocenters. The molecule has 2 amide bonds. The van der Waals surface area contributed by atoms with Gasteiger partial charge in [-0.2, -0.15) is 0 Å². The highest BCUT2D eigenvalue weighted by Gasteiger charge is 2.33. The molecule has 2 aromatic rings. The number of carboxylic acid groups (broad SMARTS) is 1. The summed E-state index contributed by atoms with van der Waals surface area (Å²) in [4.78, 5) is 47.5. The number of carbonyl (C=O) groups is 3. The summed E-state index contributed by atoms with van der Waals surface area (Å²) in [6, 6.07) is 3.70. The van der Waals surface area contributed by atoms with Gasteiger partial charge in [-0.25, -0.2) is 4.79 Å². The zero-order valence-electron chi connectivity index (χ0n) is 11.6. The predicted octanol–water partition coefficient (Wildman–Crippen LogP) is 1.42. The number of fused-ring (bicyclic) bond motifs is 1. The summed E-state index contributed by atoms with van der Waals surface area (Å²) in [7, 11) is 0. The average molecular weight is 413 g/mol. The number of carboxylic acids is 1. The molecule has 1 aromatic carbocycles. The van der Waals surface area contributed by atoms with Crippen LogP contribution in [-0.4, -0.2) is 27.5 Å². The summed E-state index contributed by atoms with van der Waals surface area (Å²) in [5.74, 6) is -3.25. The van der Waals surface area contributed by atoms with Crippen molar-refractivity contribution in [3.8, 4) is 5.69 Å². The average Bonchev–Trinajstić information content (AvgIpc) is 2.76. The molecule has 122 valence electrons. The molecule has 10 heteroatoms. The van der Waals surface area contributed by atoms with Gasteiger partial charge in [0.2, 0.25) is 0 Å². The van der Waals surface area contributed by atoms with Gasteiger partial charge < -0.3 is 10.8 Å². The topological polar surface area (TPSA) is 131 Å². The summed E-state index contributed by atoms with van der Waals surface area (Å²) in [5, 5.41) is 11.3. The Hall–Kier alpha value is -2.65. The molecule has 2 heterocycles. The molecule has 1 aliphatic rings. The number of amides is 2. The van der Waals surface area contributed by atoms with Crippen LogP contribution < -0.4 is 16.6 Å². The minimum absolute atomic E-state index is 0.118. The number of benzene rings is 1. The number of rotatable bonds is 2. The van der Waals surface area contributed by atoms with E-state index in [4.69, 9.17) is 17.3 Å². The molecule has 0 aliphatic carbocycles. The summed E-state index contributed by atoms with van der Waals surface area (Å²) >= 11 is 9.09. The van der Waals surface area contributed by atoms with E-state index in [9.17, 15) is 24.3 Å². The van der Waals surface area contributed by atoms with E-state index in [1.54, 1.807) is 0 Å². The number of imide groups is 1. The van der Waals surface area contributed by atoms with Crippen molar-refractivity contribution in [2.45, 2.75) is 0 Å². The van der Waals surface area contributed by atoms with Crippen molar-refractivity contribution in [1.29, 1.82) is 0 Å². The fourth-order valence-electron chi connectivity index (χ4n) is 2.47. The van der Waals surface area contributed by atoms with Crippen molar-refractivity contribution in [1.82, 2.24) is 9.88 Å². The normalized spacial score (nSPS) is 12.9. The summed E-state index contributed by atoms with van der Waals surface area (Å²) in [6.45, 7) is 0. The number of pyridine rings is 1. The molecule has 0 saturated heterocycles. The second kappa shape index (κ2) is 5.46. The van der Waals surface area contributed by atoms with Gasteiger partial charge in [0.05, 0.1) is 21.8 Å². The molecule has 3 rings (SSSR count). The van der Waals surface area contributed by atoms with Gasteiger partial charge in [0.25, 0.3) is 17.4 Å². The molecule has 1 aliphatic heterocycles. The third-order valence-electron chi connectivity index (χ3n) is 3.47. The van der Waals surface area contributed by atoms with Gasteiger partial charge in [-0.05, 0) is 28.1 Å². The highest BCUT2D eigenvalue weighted by atomic mass is 79.9. The first-order valence-corrected chi connectivity index (χ1v) is 7.54. The van der Waals surface area contributed by atoms with Crippen LogP contribution in [0.4, 0.5) is 5.82 Å². The molecule has 0 radical (unpaired) electrons. The molecule has 8 nitrogen and oxygen atoms in total. The lowest BCUT2D eigenvalue weighted by molar-refractivity contribution is 0.0696. The number of nitrogens with two attached hydrogens (primary N) is 1. The van der Waals surface area contributed by atoms with Crippen LogP contribution in [0.15, 0.2) is 27.5 Å². The zero-order chi connectivity index (χ0) is 17.8. The number of nitrogen functional groups attached to an aromatic ring is 1. The number of halogens is 2. The van der Waals surface area contributed by atoms with Gasteiger partial charge in [0.15, 0.2) is 0 Å². The monoisotopic (exact) mass is 411 g/mol. The number of anilines is 1. The van der Waals surface area contributed by atoms with E-state index in [-0.39, 0.29) is 37.7 Å². The van der Waals surface area contributed by atoms with Gasteiger partial charge >= 0.3 is 5.97 Å². The van der Waals surface area contributed by atoms with E-state index >= 15 is 0 Å². The maximum Gasteiger partial charge on any atom is 0.339 e. The Kier molecular flexibility index (Phi) is 3.69. The molecule has 1 aromatic heterocycles. The van der Waals surface area contributed by atoms with Crippen molar-refractivity contribution in [2.75, 3.05) is 5.73 Å². The third-order valence-corrected chi connectivity index (χ3v) is 4.42. The number of aromatic nitrogens is 1. The first-order valence-electron chi connectivity index (χ1n) is 6.37.